The zero-order chi connectivity index (χ0) is 14.3. The maximum atomic E-state index is 12.9. The van der Waals surface area contributed by atoms with Gasteiger partial charge >= 0.3 is 0 Å². The van der Waals surface area contributed by atoms with Crippen LogP contribution in [0.15, 0.2) is 23.1 Å². The minimum absolute atomic E-state index is 0.0478. The van der Waals surface area contributed by atoms with Gasteiger partial charge in [0.05, 0.1) is 9.92 Å². The molecule has 0 unspecified atom stereocenters. The van der Waals surface area contributed by atoms with Crippen molar-refractivity contribution in [1.82, 2.24) is 4.72 Å². The Morgan fingerprint density at radius 2 is 2.11 bits per heavy atom. The number of benzene rings is 1. The zero-order valence-electron chi connectivity index (χ0n) is 10.7. The average molecular weight is 310 g/mol. The van der Waals surface area contributed by atoms with Crippen LogP contribution in [0.25, 0.3) is 0 Å². The van der Waals surface area contributed by atoms with Crippen LogP contribution in [-0.2, 0) is 14.8 Å². The highest BCUT2D eigenvalue weighted by atomic mass is 35.5. The highest BCUT2D eigenvalue weighted by Gasteiger charge is 2.14. The highest BCUT2D eigenvalue weighted by Crippen LogP contribution is 2.19. The molecule has 0 aliphatic rings. The fourth-order valence-corrected chi connectivity index (χ4v) is 2.70. The van der Waals surface area contributed by atoms with Gasteiger partial charge in [0.1, 0.15) is 5.82 Å². The lowest BCUT2D eigenvalue weighted by Crippen LogP contribution is -2.25. The van der Waals surface area contributed by atoms with E-state index in [0.29, 0.717) is 19.6 Å². The molecule has 4 nitrogen and oxygen atoms in total. The quantitative estimate of drug-likeness (QED) is 0.751. The summed E-state index contributed by atoms with van der Waals surface area (Å²) in [6, 6.07) is 3.30. The van der Waals surface area contributed by atoms with E-state index in [9.17, 15) is 12.8 Å². The van der Waals surface area contributed by atoms with E-state index >= 15 is 0 Å². The Morgan fingerprint density at radius 3 is 2.74 bits per heavy atom. The lowest BCUT2D eigenvalue weighted by Gasteiger charge is -2.07. The largest absolute Gasteiger partial charge is 0.381 e. The van der Waals surface area contributed by atoms with E-state index in [-0.39, 0.29) is 16.5 Å². The lowest BCUT2D eigenvalue weighted by atomic mass is 10.3. The van der Waals surface area contributed by atoms with Crippen molar-refractivity contribution < 1.29 is 17.5 Å². The summed E-state index contributed by atoms with van der Waals surface area (Å²) < 4.78 is 44.3. The van der Waals surface area contributed by atoms with Crippen molar-refractivity contribution in [3.8, 4) is 0 Å². The normalized spacial score (nSPS) is 11.7. The van der Waals surface area contributed by atoms with Gasteiger partial charge in [-0.3, -0.25) is 0 Å². The molecule has 0 saturated heterocycles. The average Bonchev–Trinajstić information content (AvgIpc) is 2.36. The number of rotatable bonds is 8. The Hall–Kier alpha value is -0.690. The third kappa shape index (κ3) is 5.44. The van der Waals surface area contributed by atoms with Crippen LogP contribution >= 0.6 is 11.6 Å². The summed E-state index contributed by atoms with van der Waals surface area (Å²) >= 11 is 5.55. The van der Waals surface area contributed by atoms with Crippen molar-refractivity contribution in [2.24, 2.45) is 0 Å². The van der Waals surface area contributed by atoms with E-state index in [1.807, 2.05) is 6.92 Å². The van der Waals surface area contributed by atoms with Crippen LogP contribution in [0, 0.1) is 5.82 Å². The van der Waals surface area contributed by atoms with Crippen molar-refractivity contribution in [1.29, 1.82) is 0 Å². The van der Waals surface area contributed by atoms with Crippen LogP contribution in [0.3, 0.4) is 0 Å². The number of hydrogen-bond donors (Lipinski definition) is 1. The molecule has 1 N–H and O–H groups in total. The monoisotopic (exact) mass is 309 g/mol. The van der Waals surface area contributed by atoms with E-state index in [2.05, 4.69) is 4.72 Å². The molecule has 0 atom stereocenters. The molecule has 0 bridgehead atoms. The Kier molecular flexibility index (Phi) is 6.71. The summed E-state index contributed by atoms with van der Waals surface area (Å²) in [5.41, 5.74) is 0. The standard InChI is InChI=1S/C12H17ClFNO3S/c1-2-7-18-8-3-6-15-19(16,17)10-4-5-12(14)11(13)9-10/h4-5,9,15H,2-3,6-8H2,1H3. The number of nitrogens with one attached hydrogen (secondary N) is 1. The van der Waals surface area contributed by atoms with E-state index in [4.69, 9.17) is 16.3 Å². The van der Waals surface area contributed by atoms with Gasteiger partial charge < -0.3 is 4.74 Å². The second-order valence-corrected chi connectivity index (χ2v) is 6.11. The molecule has 19 heavy (non-hydrogen) atoms. The highest BCUT2D eigenvalue weighted by molar-refractivity contribution is 7.89. The first kappa shape index (κ1) is 16.4. The number of sulfonamides is 1. The smallest absolute Gasteiger partial charge is 0.240 e. The predicted octanol–water partition coefficient (Wildman–Crippen LogP) is 2.57. The maximum absolute atomic E-state index is 12.9. The van der Waals surface area contributed by atoms with Crippen LogP contribution in [0.1, 0.15) is 19.8 Å². The Balaban J connectivity index is 2.49. The molecular weight excluding hydrogens is 293 g/mol. The van der Waals surface area contributed by atoms with Crippen molar-refractivity contribution in [2.45, 2.75) is 24.7 Å². The van der Waals surface area contributed by atoms with Crippen LogP contribution in [0.5, 0.6) is 0 Å². The van der Waals surface area contributed by atoms with Gasteiger partial charge in [-0.15, -0.1) is 0 Å². The fraction of sp³-hybridized carbons (Fsp3) is 0.500. The first-order chi connectivity index (χ1) is 8.97. The second-order valence-electron chi connectivity index (χ2n) is 3.94. The van der Waals surface area contributed by atoms with Gasteiger partial charge in [0.2, 0.25) is 10.0 Å². The number of ether oxygens (including phenoxy) is 1. The summed E-state index contributed by atoms with van der Waals surface area (Å²) in [7, 11) is -3.65. The van der Waals surface area contributed by atoms with Gasteiger partial charge in [-0.2, -0.15) is 0 Å². The molecule has 7 heteroatoms. The van der Waals surface area contributed by atoms with Crippen LogP contribution < -0.4 is 4.72 Å². The van der Waals surface area contributed by atoms with Gasteiger partial charge in [0.25, 0.3) is 0 Å². The molecule has 0 aliphatic carbocycles. The number of halogens is 2. The van der Waals surface area contributed by atoms with Gasteiger partial charge in [0.15, 0.2) is 0 Å². The van der Waals surface area contributed by atoms with Crippen molar-refractivity contribution >= 4 is 21.6 Å². The molecule has 0 spiro atoms. The second kappa shape index (κ2) is 7.79. The minimum Gasteiger partial charge on any atom is -0.381 e. The van der Waals surface area contributed by atoms with Crippen molar-refractivity contribution in [2.75, 3.05) is 19.8 Å². The molecule has 0 aromatic heterocycles. The minimum atomic E-state index is -3.65. The molecule has 0 saturated carbocycles. The summed E-state index contributed by atoms with van der Waals surface area (Å²) in [6.45, 7) is 3.43. The Bertz CT molecular complexity index is 508. The molecule has 1 rings (SSSR count). The molecule has 0 aliphatic heterocycles. The van der Waals surface area contributed by atoms with Crippen molar-refractivity contribution in [3.63, 3.8) is 0 Å². The van der Waals surface area contributed by atoms with E-state index < -0.39 is 15.8 Å². The molecule has 1 aromatic carbocycles. The summed E-state index contributed by atoms with van der Waals surface area (Å²) in [4.78, 5) is -0.0478. The van der Waals surface area contributed by atoms with Gasteiger partial charge in [-0.25, -0.2) is 17.5 Å². The van der Waals surface area contributed by atoms with E-state index in [1.165, 1.54) is 6.07 Å². The molecular formula is C12H17ClFNO3S. The van der Waals surface area contributed by atoms with Gasteiger partial charge in [-0.05, 0) is 31.0 Å². The van der Waals surface area contributed by atoms with E-state index in [1.54, 1.807) is 0 Å². The molecule has 0 radical (unpaired) electrons. The first-order valence-electron chi connectivity index (χ1n) is 6.00. The molecule has 0 amide bonds. The zero-order valence-corrected chi connectivity index (χ0v) is 12.2. The lowest BCUT2D eigenvalue weighted by molar-refractivity contribution is 0.133. The number of hydrogen-bond acceptors (Lipinski definition) is 3. The molecule has 0 fully saturated rings. The van der Waals surface area contributed by atoms with Gasteiger partial charge in [0, 0.05) is 19.8 Å². The SMILES string of the molecule is CCCOCCCNS(=O)(=O)c1ccc(F)c(Cl)c1. The van der Waals surface area contributed by atoms with Crippen LogP contribution in [-0.4, -0.2) is 28.2 Å². The summed E-state index contributed by atoms with van der Waals surface area (Å²) in [6.07, 6.45) is 1.51. The Morgan fingerprint density at radius 1 is 1.37 bits per heavy atom. The van der Waals surface area contributed by atoms with Crippen LogP contribution in [0.2, 0.25) is 5.02 Å². The fourth-order valence-electron chi connectivity index (χ4n) is 1.35. The Labute approximate surface area is 118 Å². The maximum Gasteiger partial charge on any atom is 0.240 e. The molecule has 108 valence electrons. The van der Waals surface area contributed by atoms with Gasteiger partial charge in [-0.1, -0.05) is 18.5 Å². The molecule has 0 heterocycles. The topological polar surface area (TPSA) is 55.4 Å². The first-order valence-corrected chi connectivity index (χ1v) is 7.86. The predicted molar refractivity (Wildman–Crippen MR) is 72.3 cm³/mol. The van der Waals surface area contributed by atoms with Crippen LogP contribution in [0.4, 0.5) is 4.39 Å². The third-order valence-corrected chi connectivity index (χ3v) is 4.06. The third-order valence-electron chi connectivity index (χ3n) is 2.31. The summed E-state index contributed by atoms with van der Waals surface area (Å²) in [5, 5.41) is -0.214. The van der Waals surface area contributed by atoms with E-state index in [0.717, 1.165) is 18.6 Å². The van der Waals surface area contributed by atoms with Crippen molar-refractivity contribution in [3.05, 3.63) is 29.0 Å². The summed E-state index contributed by atoms with van der Waals surface area (Å²) in [5.74, 6) is -0.645. The molecule has 1 aromatic rings.